The highest BCUT2D eigenvalue weighted by Crippen LogP contribution is 2.29. The zero-order valence-electron chi connectivity index (χ0n) is 21.2. The number of aromatic nitrogens is 3. The molecule has 2 aromatic heterocycles. The molecule has 0 aliphatic carbocycles. The van der Waals surface area contributed by atoms with Gasteiger partial charge in [0.2, 0.25) is 0 Å². The molecule has 10 heteroatoms. The molecule has 194 valence electrons. The molecular formula is C28H26FN5O3S. The maximum absolute atomic E-state index is 13.5. The first-order valence-corrected chi connectivity index (χ1v) is 12.8. The summed E-state index contributed by atoms with van der Waals surface area (Å²) >= 11 is 1.61. The van der Waals surface area contributed by atoms with Crippen molar-refractivity contribution in [2.24, 2.45) is 0 Å². The normalized spacial score (nSPS) is 11.3. The van der Waals surface area contributed by atoms with Gasteiger partial charge in [0.05, 0.1) is 15.2 Å². The average molecular weight is 532 g/mol. The summed E-state index contributed by atoms with van der Waals surface area (Å²) in [5, 5.41) is 11.7. The van der Waals surface area contributed by atoms with Crippen LogP contribution in [0.3, 0.4) is 0 Å². The molecule has 3 aromatic carbocycles. The predicted octanol–water partition coefficient (Wildman–Crippen LogP) is 5.75. The number of carbonyl (C=O) groups excluding carboxylic acids is 1. The molecule has 5 aromatic rings. The molecule has 0 atom stereocenters. The standard InChI is InChI=1S/C28H26FN5O3S/c1-17-25(33-37-32-17)15-34(3)14-21-12-20(19-4-7-22(29)8-5-19)6-10-26(21)36-16-28(35)31-23-9-11-27-24(13-23)30-18(2)38-27/h4-13H,14-16H2,1-3H3,(H,31,35). The number of ether oxygens (including phenoxy) is 1. The molecule has 38 heavy (non-hydrogen) atoms. The number of hydrogen-bond acceptors (Lipinski definition) is 8. The number of nitrogens with one attached hydrogen (secondary N) is 1. The Kier molecular flexibility index (Phi) is 7.43. The number of rotatable bonds is 9. The van der Waals surface area contributed by atoms with Crippen molar-refractivity contribution in [1.29, 1.82) is 0 Å². The van der Waals surface area contributed by atoms with Gasteiger partial charge in [-0.05, 0) is 74.5 Å². The SMILES string of the molecule is Cc1nc2cc(NC(=O)COc3ccc(-c4ccc(F)cc4)cc3CN(C)Cc3nonc3C)ccc2s1. The molecule has 0 saturated carbocycles. The zero-order chi connectivity index (χ0) is 26.6. The molecule has 0 bridgehead atoms. The lowest BCUT2D eigenvalue weighted by molar-refractivity contribution is -0.118. The highest BCUT2D eigenvalue weighted by atomic mass is 32.1. The molecule has 0 saturated heterocycles. The first-order chi connectivity index (χ1) is 18.3. The number of benzene rings is 3. The Morgan fingerprint density at radius 3 is 2.58 bits per heavy atom. The number of carbonyl (C=O) groups is 1. The summed E-state index contributed by atoms with van der Waals surface area (Å²) in [6.45, 7) is 4.67. The Morgan fingerprint density at radius 1 is 1.03 bits per heavy atom. The van der Waals surface area contributed by atoms with Crippen LogP contribution in [0, 0.1) is 19.7 Å². The van der Waals surface area contributed by atoms with Crippen LogP contribution in [-0.2, 0) is 17.9 Å². The second-order valence-electron chi connectivity index (χ2n) is 9.05. The predicted molar refractivity (Wildman–Crippen MR) is 145 cm³/mol. The maximum atomic E-state index is 13.5. The third kappa shape index (κ3) is 6.04. The van der Waals surface area contributed by atoms with Crippen molar-refractivity contribution < 1.29 is 18.6 Å². The second-order valence-corrected chi connectivity index (χ2v) is 10.3. The van der Waals surface area contributed by atoms with E-state index in [-0.39, 0.29) is 18.3 Å². The molecule has 0 unspecified atom stereocenters. The van der Waals surface area contributed by atoms with E-state index in [1.807, 2.05) is 62.2 Å². The number of thiazole rings is 1. The fraction of sp³-hybridized carbons (Fsp3) is 0.214. The van der Waals surface area contributed by atoms with E-state index in [1.54, 1.807) is 23.5 Å². The van der Waals surface area contributed by atoms with Gasteiger partial charge in [-0.15, -0.1) is 11.3 Å². The van der Waals surface area contributed by atoms with Crippen LogP contribution in [0.25, 0.3) is 21.3 Å². The molecule has 1 amide bonds. The summed E-state index contributed by atoms with van der Waals surface area (Å²) in [4.78, 5) is 19.2. The van der Waals surface area contributed by atoms with Crippen LogP contribution in [0.2, 0.25) is 0 Å². The van der Waals surface area contributed by atoms with Crippen molar-refractivity contribution in [3.05, 3.63) is 88.4 Å². The van der Waals surface area contributed by atoms with Gasteiger partial charge in [-0.3, -0.25) is 9.69 Å². The largest absolute Gasteiger partial charge is 0.483 e. The van der Waals surface area contributed by atoms with Crippen molar-refractivity contribution in [3.63, 3.8) is 0 Å². The highest BCUT2D eigenvalue weighted by molar-refractivity contribution is 7.18. The van der Waals surface area contributed by atoms with Gasteiger partial charge < -0.3 is 10.1 Å². The van der Waals surface area contributed by atoms with Crippen LogP contribution >= 0.6 is 11.3 Å². The molecule has 1 N–H and O–H groups in total. The number of halogens is 1. The Morgan fingerprint density at radius 2 is 1.82 bits per heavy atom. The van der Waals surface area contributed by atoms with Gasteiger partial charge in [0.15, 0.2) is 6.61 Å². The molecule has 2 heterocycles. The van der Waals surface area contributed by atoms with Gasteiger partial charge >= 0.3 is 0 Å². The van der Waals surface area contributed by atoms with E-state index in [1.165, 1.54) is 12.1 Å². The number of aryl methyl sites for hydroxylation is 2. The summed E-state index contributed by atoms with van der Waals surface area (Å²) < 4.78 is 25.3. The van der Waals surface area contributed by atoms with Crippen LogP contribution in [0.1, 0.15) is 22.0 Å². The van der Waals surface area contributed by atoms with Crippen LogP contribution in [0.5, 0.6) is 5.75 Å². The van der Waals surface area contributed by atoms with Gasteiger partial charge in [0.1, 0.15) is 23.0 Å². The molecule has 0 aliphatic rings. The molecule has 0 fully saturated rings. The first kappa shape index (κ1) is 25.5. The number of nitrogens with zero attached hydrogens (tertiary/aromatic N) is 4. The maximum Gasteiger partial charge on any atom is 0.262 e. The van der Waals surface area contributed by atoms with Gasteiger partial charge in [0, 0.05) is 24.3 Å². The Labute approximate surface area is 223 Å². The topological polar surface area (TPSA) is 93.4 Å². The number of hydrogen-bond donors (Lipinski definition) is 1. The number of anilines is 1. The van der Waals surface area contributed by atoms with Crippen LogP contribution in [0.4, 0.5) is 10.1 Å². The van der Waals surface area contributed by atoms with Crippen molar-refractivity contribution in [1.82, 2.24) is 20.2 Å². The van der Waals surface area contributed by atoms with Crippen molar-refractivity contribution in [3.8, 4) is 16.9 Å². The second kappa shape index (κ2) is 11.1. The number of amides is 1. The summed E-state index contributed by atoms with van der Waals surface area (Å²) in [6, 6.07) is 17.7. The van der Waals surface area contributed by atoms with Gasteiger partial charge in [-0.25, -0.2) is 14.0 Å². The average Bonchev–Trinajstić information content (AvgIpc) is 3.47. The number of fused-ring (bicyclic) bond motifs is 1. The Bertz CT molecular complexity index is 1580. The lowest BCUT2D eigenvalue weighted by Gasteiger charge is -2.19. The van der Waals surface area contributed by atoms with Crippen LogP contribution in [0.15, 0.2) is 65.3 Å². The molecular weight excluding hydrogens is 505 g/mol. The molecule has 0 radical (unpaired) electrons. The first-order valence-electron chi connectivity index (χ1n) is 12.0. The lowest BCUT2D eigenvalue weighted by atomic mass is 10.0. The highest BCUT2D eigenvalue weighted by Gasteiger charge is 2.15. The van der Waals surface area contributed by atoms with E-state index in [2.05, 4.69) is 20.6 Å². The Balaban J connectivity index is 1.32. The van der Waals surface area contributed by atoms with Crippen molar-refractivity contribution in [2.45, 2.75) is 26.9 Å². The van der Waals surface area contributed by atoms with Crippen LogP contribution < -0.4 is 10.1 Å². The van der Waals surface area contributed by atoms with E-state index in [0.717, 1.165) is 43.3 Å². The summed E-state index contributed by atoms with van der Waals surface area (Å²) in [5.41, 5.74) is 5.66. The molecule has 8 nitrogen and oxygen atoms in total. The smallest absolute Gasteiger partial charge is 0.262 e. The van der Waals surface area contributed by atoms with Gasteiger partial charge in [0.25, 0.3) is 5.91 Å². The summed E-state index contributed by atoms with van der Waals surface area (Å²) in [6.07, 6.45) is 0. The molecule has 0 spiro atoms. The Hall–Kier alpha value is -4.15. The van der Waals surface area contributed by atoms with Crippen molar-refractivity contribution in [2.75, 3.05) is 19.0 Å². The van der Waals surface area contributed by atoms with E-state index >= 15 is 0 Å². The third-order valence-electron chi connectivity index (χ3n) is 5.98. The molecule has 5 rings (SSSR count). The van der Waals surface area contributed by atoms with Crippen molar-refractivity contribution >= 4 is 33.1 Å². The van der Waals surface area contributed by atoms with Crippen LogP contribution in [-0.4, -0.2) is 39.8 Å². The summed E-state index contributed by atoms with van der Waals surface area (Å²) in [7, 11) is 1.95. The minimum absolute atomic E-state index is 0.160. The molecule has 0 aliphatic heterocycles. The van der Waals surface area contributed by atoms with E-state index in [0.29, 0.717) is 24.5 Å². The van der Waals surface area contributed by atoms with E-state index in [4.69, 9.17) is 9.37 Å². The quantitative estimate of drug-likeness (QED) is 0.259. The van der Waals surface area contributed by atoms with E-state index in [9.17, 15) is 9.18 Å². The van der Waals surface area contributed by atoms with Gasteiger partial charge in [-0.1, -0.05) is 28.5 Å². The fourth-order valence-electron chi connectivity index (χ4n) is 4.12. The monoisotopic (exact) mass is 531 g/mol. The van der Waals surface area contributed by atoms with E-state index < -0.39 is 0 Å². The minimum atomic E-state index is -0.291. The zero-order valence-corrected chi connectivity index (χ0v) is 22.0. The summed E-state index contributed by atoms with van der Waals surface area (Å²) in [5.74, 6) is 0.0151. The minimum Gasteiger partial charge on any atom is -0.483 e. The third-order valence-corrected chi connectivity index (χ3v) is 6.93. The van der Waals surface area contributed by atoms with Gasteiger partial charge in [-0.2, -0.15) is 0 Å². The lowest BCUT2D eigenvalue weighted by Crippen LogP contribution is -2.22. The fourth-order valence-corrected chi connectivity index (χ4v) is 4.93.